The molecule has 0 amide bonds. The van der Waals surface area contributed by atoms with E-state index in [4.69, 9.17) is 14.8 Å². The molecule has 0 unspecified atom stereocenters. The second-order valence-electron chi connectivity index (χ2n) is 10.1. The lowest BCUT2D eigenvalue weighted by Gasteiger charge is -2.23. The van der Waals surface area contributed by atoms with Crippen molar-refractivity contribution in [2.75, 3.05) is 6.61 Å². The van der Waals surface area contributed by atoms with Crippen molar-refractivity contribution in [3.05, 3.63) is 94.4 Å². The molecule has 3 aromatic carbocycles. The van der Waals surface area contributed by atoms with Crippen LogP contribution in [0.3, 0.4) is 0 Å². The molecule has 0 aliphatic carbocycles. The lowest BCUT2D eigenvalue weighted by molar-refractivity contribution is -0.136. The number of hydrogen-bond donors (Lipinski definition) is 1. The Kier molecular flexibility index (Phi) is 6.14. The van der Waals surface area contributed by atoms with Crippen molar-refractivity contribution in [1.29, 1.82) is 0 Å². The molecule has 1 aliphatic heterocycles. The predicted molar refractivity (Wildman–Crippen MR) is 149 cm³/mol. The summed E-state index contributed by atoms with van der Waals surface area (Å²) in [5.41, 5.74) is 9.46. The summed E-state index contributed by atoms with van der Waals surface area (Å²) in [5.74, 6) is -1.15. The number of carboxylic acid groups (broad SMARTS) is 1. The van der Waals surface area contributed by atoms with Gasteiger partial charge in [0, 0.05) is 34.0 Å². The third-order valence-corrected chi connectivity index (χ3v) is 7.47. The number of ether oxygens (including phenoxy) is 1. The maximum Gasteiger partial charge on any atom is 0.307 e. The molecule has 5 aromatic rings. The number of halogens is 1. The summed E-state index contributed by atoms with van der Waals surface area (Å²) >= 11 is 0. The fourth-order valence-electron chi connectivity index (χ4n) is 5.44. The van der Waals surface area contributed by atoms with Crippen LogP contribution in [0.25, 0.3) is 39.3 Å². The topological polar surface area (TPSA) is 76.7 Å². The van der Waals surface area contributed by atoms with Crippen LogP contribution < -0.4 is 4.74 Å². The van der Waals surface area contributed by atoms with E-state index in [1.165, 1.54) is 11.6 Å². The normalized spacial score (nSPS) is 12.8. The average molecular weight is 522 g/mol. The van der Waals surface area contributed by atoms with Crippen LogP contribution in [-0.2, 0) is 17.6 Å². The van der Waals surface area contributed by atoms with Crippen molar-refractivity contribution in [3.8, 4) is 39.4 Å². The minimum absolute atomic E-state index is 0.253. The second-order valence-corrected chi connectivity index (χ2v) is 10.1. The number of nitrogens with zero attached hydrogens (tertiary/aromatic N) is 3. The molecule has 1 aliphatic rings. The van der Waals surface area contributed by atoms with E-state index in [0.29, 0.717) is 52.6 Å². The highest BCUT2D eigenvalue weighted by molar-refractivity contribution is 5.80. The lowest BCUT2D eigenvalue weighted by atomic mass is 9.91. The Labute approximate surface area is 225 Å². The van der Waals surface area contributed by atoms with Crippen molar-refractivity contribution in [2.24, 2.45) is 0 Å². The van der Waals surface area contributed by atoms with E-state index in [9.17, 15) is 9.90 Å². The minimum atomic E-state index is -0.988. The third-order valence-electron chi connectivity index (χ3n) is 7.47. The van der Waals surface area contributed by atoms with Crippen LogP contribution in [0.4, 0.5) is 4.39 Å². The lowest BCUT2D eigenvalue weighted by Crippen LogP contribution is -2.14. The van der Waals surface area contributed by atoms with Crippen molar-refractivity contribution < 1.29 is 19.0 Å². The van der Waals surface area contributed by atoms with Gasteiger partial charge in [-0.25, -0.2) is 13.9 Å². The van der Waals surface area contributed by atoms with Gasteiger partial charge in [-0.15, -0.1) is 0 Å². The summed E-state index contributed by atoms with van der Waals surface area (Å²) in [4.78, 5) is 16.6. The second kappa shape index (κ2) is 9.66. The highest BCUT2D eigenvalue weighted by Crippen LogP contribution is 2.39. The number of aliphatic carboxylic acids is 1. The Bertz CT molecular complexity index is 1760. The summed E-state index contributed by atoms with van der Waals surface area (Å²) in [6.07, 6.45) is 1.24. The zero-order valence-corrected chi connectivity index (χ0v) is 22.1. The van der Waals surface area contributed by atoms with Gasteiger partial charge in [-0.05, 0) is 62.4 Å². The number of hydrogen-bond acceptors (Lipinski definition) is 4. The van der Waals surface area contributed by atoms with Crippen LogP contribution in [0, 0.1) is 26.6 Å². The molecule has 0 fully saturated rings. The average Bonchev–Trinajstić information content (AvgIpc) is 3.35. The summed E-state index contributed by atoms with van der Waals surface area (Å²) in [6, 6.07) is 19.8. The van der Waals surface area contributed by atoms with Gasteiger partial charge in [-0.1, -0.05) is 48.0 Å². The minimum Gasteiger partial charge on any atom is -0.490 e. The molecular weight excluding hydrogens is 493 g/mol. The van der Waals surface area contributed by atoms with Gasteiger partial charge in [-0.2, -0.15) is 5.10 Å². The maximum atomic E-state index is 15.3. The van der Waals surface area contributed by atoms with Crippen LogP contribution >= 0.6 is 0 Å². The highest BCUT2D eigenvalue weighted by Gasteiger charge is 2.26. The molecule has 0 atom stereocenters. The SMILES string of the molecule is Cc1ccc(-c2cccc(-c3cc4nc(C)c(CC(=O)O)c(-c5cc(F)c6c(c5C)CCCO6)n4n3)c2)cc1. The maximum absolute atomic E-state index is 15.3. The molecule has 0 saturated heterocycles. The Hall–Kier alpha value is -4.52. The van der Waals surface area contributed by atoms with Gasteiger partial charge in [0.2, 0.25) is 0 Å². The van der Waals surface area contributed by atoms with E-state index in [1.807, 2.05) is 25.1 Å². The molecule has 6 rings (SSSR count). The highest BCUT2D eigenvalue weighted by atomic mass is 19.1. The van der Waals surface area contributed by atoms with Crippen LogP contribution in [0.1, 0.15) is 34.4 Å². The zero-order chi connectivity index (χ0) is 27.3. The molecule has 196 valence electrons. The third kappa shape index (κ3) is 4.44. The van der Waals surface area contributed by atoms with E-state index in [1.54, 1.807) is 11.4 Å². The molecular formula is C32H28FN3O3. The summed E-state index contributed by atoms with van der Waals surface area (Å²) in [5, 5.41) is 14.6. The van der Waals surface area contributed by atoms with E-state index in [2.05, 4.69) is 43.3 Å². The number of aromatic nitrogens is 3. The zero-order valence-electron chi connectivity index (χ0n) is 22.1. The Morgan fingerprint density at radius 3 is 2.56 bits per heavy atom. The van der Waals surface area contributed by atoms with Gasteiger partial charge in [0.15, 0.2) is 17.2 Å². The molecule has 0 bridgehead atoms. The number of benzene rings is 3. The van der Waals surface area contributed by atoms with E-state index in [-0.39, 0.29) is 6.42 Å². The summed E-state index contributed by atoms with van der Waals surface area (Å²) in [7, 11) is 0. The van der Waals surface area contributed by atoms with E-state index in [0.717, 1.165) is 34.2 Å². The molecule has 0 saturated carbocycles. The van der Waals surface area contributed by atoms with Crippen LogP contribution in [-0.4, -0.2) is 32.3 Å². The molecule has 3 heterocycles. The van der Waals surface area contributed by atoms with Crippen LogP contribution in [0.2, 0.25) is 0 Å². The van der Waals surface area contributed by atoms with Gasteiger partial charge < -0.3 is 9.84 Å². The van der Waals surface area contributed by atoms with E-state index < -0.39 is 11.8 Å². The number of fused-ring (bicyclic) bond motifs is 2. The number of aryl methyl sites for hydroxylation is 2. The quantitative estimate of drug-likeness (QED) is 0.277. The summed E-state index contributed by atoms with van der Waals surface area (Å²) < 4.78 is 22.6. The molecule has 6 nitrogen and oxygen atoms in total. The van der Waals surface area contributed by atoms with Gasteiger partial charge in [0.1, 0.15) is 0 Å². The molecule has 1 N–H and O–H groups in total. The van der Waals surface area contributed by atoms with Gasteiger partial charge in [0.05, 0.1) is 24.4 Å². The number of rotatable bonds is 5. The first-order valence-electron chi connectivity index (χ1n) is 13.0. The molecule has 39 heavy (non-hydrogen) atoms. The summed E-state index contributed by atoms with van der Waals surface area (Å²) in [6.45, 7) is 6.27. The number of carbonyl (C=O) groups is 1. The fourth-order valence-corrected chi connectivity index (χ4v) is 5.44. The number of carboxylic acids is 1. The first-order chi connectivity index (χ1) is 18.8. The molecule has 7 heteroatoms. The van der Waals surface area contributed by atoms with Crippen molar-refractivity contribution in [2.45, 2.75) is 40.0 Å². The molecule has 0 radical (unpaired) electrons. The van der Waals surface area contributed by atoms with Crippen molar-refractivity contribution in [1.82, 2.24) is 14.6 Å². The Morgan fingerprint density at radius 2 is 1.79 bits per heavy atom. The largest absolute Gasteiger partial charge is 0.490 e. The molecule has 0 spiro atoms. The first kappa shape index (κ1) is 24.8. The van der Waals surface area contributed by atoms with Crippen LogP contribution in [0.5, 0.6) is 5.75 Å². The van der Waals surface area contributed by atoms with Gasteiger partial charge in [-0.3, -0.25) is 4.79 Å². The van der Waals surface area contributed by atoms with Gasteiger partial charge in [0.25, 0.3) is 0 Å². The Balaban J connectivity index is 1.57. The monoisotopic (exact) mass is 521 g/mol. The van der Waals surface area contributed by atoms with Crippen LogP contribution in [0.15, 0.2) is 60.7 Å². The van der Waals surface area contributed by atoms with E-state index >= 15 is 4.39 Å². The Morgan fingerprint density at radius 1 is 1.03 bits per heavy atom. The molecule has 2 aromatic heterocycles. The van der Waals surface area contributed by atoms with Crippen molar-refractivity contribution in [3.63, 3.8) is 0 Å². The predicted octanol–water partition coefficient (Wildman–Crippen LogP) is 6.75. The van der Waals surface area contributed by atoms with Crippen molar-refractivity contribution >= 4 is 11.6 Å². The van der Waals surface area contributed by atoms with Gasteiger partial charge >= 0.3 is 5.97 Å². The standard InChI is InChI=1S/C32H28FN3O3/c1-18-9-11-21(12-10-18)22-6-4-7-23(14-22)28-17-29-34-20(3)26(16-30(37)38)31(36(29)35-28)25-15-27(33)32-24(19(25)2)8-5-13-39-32/h4,6-7,9-12,14-15,17H,5,8,13,16H2,1-3H3,(H,37,38). The first-order valence-corrected chi connectivity index (χ1v) is 13.0. The smallest absolute Gasteiger partial charge is 0.307 e. The fraction of sp³-hybridized carbons (Fsp3) is 0.219.